The van der Waals surface area contributed by atoms with E-state index in [1.54, 1.807) is 41.5 Å². The lowest BCUT2D eigenvalue weighted by Crippen LogP contribution is -2.51. The van der Waals surface area contributed by atoms with Crippen molar-refractivity contribution in [3.8, 4) is 5.95 Å². The number of hydrogen-bond acceptors (Lipinski definition) is 6. The molecule has 0 aromatic carbocycles. The maximum Gasteiger partial charge on any atom is 0.253 e. The average Bonchev–Trinajstić information content (AvgIpc) is 3.27. The van der Waals surface area contributed by atoms with E-state index in [1.807, 2.05) is 0 Å². The zero-order valence-corrected chi connectivity index (χ0v) is 19.4. The van der Waals surface area contributed by atoms with E-state index in [2.05, 4.69) is 25.2 Å². The van der Waals surface area contributed by atoms with Gasteiger partial charge in [-0.15, -0.1) is 0 Å². The molecule has 0 bridgehead atoms. The van der Waals surface area contributed by atoms with E-state index >= 15 is 0 Å². The Balaban J connectivity index is 1.41. The quantitative estimate of drug-likeness (QED) is 0.596. The topological polar surface area (TPSA) is 85.2 Å². The van der Waals surface area contributed by atoms with Gasteiger partial charge in [-0.25, -0.2) is 15.0 Å². The summed E-state index contributed by atoms with van der Waals surface area (Å²) < 4.78 is 7.32. The van der Waals surface area contributed by atoms with E-state index in [1.165, 1.54) is 19.3 Å². The highest BCUT2D eigenvalue weighted by Gasteiger charge is 2.31. The van der Waals surface area contributed by atoms with E-state index in [-0.39, 0.29) is 5.91 Å². The van der Waals surface area contributed by atoms with Gasteiger partial charge >= 0.3 is 0 Å². The van der Waals surface area contributed by atoms with Crippen LogP contribution >= 0.6 is 11.6 Å². The Bertz CT molecular complexity index is 1080. The molecular weight excluding hydrogens is 440 g/mol. The average molecular weight is 469 g/mol. The summed E-state index contributed by atoms with van der Waals surface area (Å²) in [5.41, 5.74) is 1.05. The van der Waals surface area contributed by atoms with Gasteiger partial charge in [-0.3, -0.25) is 14.3 Å². The Kier molecular flexibility index (Phi) is 6.85. The summed E-state index contributed by atoms with van der Waals surface area (Å²) in [4.78, 5) is 29.1. The predicted octanol–water partition coefficient (Wildman–Crippen LogP) is 3.48. The van der Waals surface area contributed by atoms with E-state index in [9.17, 15) is 4.79 Å². The summed E-state index contributed by atoms with van der Waals surface area (Å²) in [6.07, 6.45) is 12.5. The van der Waals surface area contributed by atoms with E-state index < -0.39 is 0 Å². The molecule has 9 heteroatoms. The fourth-order valence-corrected chi connectivity index (χ4v) is 5.33. The Hall–Kier alpha value is -2.55. The van der Waals surface area contributed by atoms with Crippen LogP contribution in [0.2, 0.25) is 5.02 Å². The van der Waals surface area contributed by atoms with Crippen molar-refractivity contribution in [3.05, 3.63) is 47.5 Å². The Morgan fingerprint density at radius 2 is 1.88 bits per heavy atom. The molecule has 2 aliphatic rings. The van der Waals surface area contributed by atoms with Gasteiger partial charge in [-0.1, -0.05) is 18.0 Å². The summed E-state index contributed by atoms with van der Waals surface area (Å²) in [5.74, 6) is 0.824. The number of piperidine rings is 1. The first-order valence-corrected chi connectivity index (χ1v) is 12.1. The summed E-state index contributed by atoms with van der Waals surface area (Å²) >= 11 is 6.52. The molecule has 1 unspecified atom stereocenters. The molecule has 2 saturated heterocycles. The van der Waals surface area contributed by atoms with Gasteiger partial charge in [-0.05, 0) is 56.8 Å². The Morgan fingerprint density at radius 3 is 2.64 bits per heavy atom. The number of pyridine rings is 1. The van der Waals surface area contributed by atoms with Gasteiger partial charge in [0.05, 0.1) is 16.0 Å². The smallest absolute Gasteiger partial charge is 0.253 e. The molecule has 3 aromatic rings. The zero-order chi connectivity index (χ0) is 22.6. The predicted molar refractivity (Wildman–Crippen MR) is 127 cm³/mol. The molecule has 3 aromatic heterocycles. The number of ether oxygens (including phenoxy) is 1. The molecule has 0 radical (unpaired) electrons. The third-order valence-electron chi connectivity index (χ3n) is 6.79. The molecule has 1 atom stereocenters. The van der Waals surface area contributed by atoms with Gasteiger partial charge in [0.2, 0.25) is 5.95 Å². The number of nitrogens with one attached hydrogen (secondary N) is 1. The molecule has 0 spiro atoms. The third kappa shape index (κ3) is 4.74. The van der Waals surface area contributed by atoms with Crippen molar-refractivity contribution in [2.24, 2.45) is 5.92 Å². The minimum absolute atomic E-state index is 0.154. The highest BCUT2D eigenvalue weighted by Crippen LogP contribution is 2.29. The molecular formula is C24H29ClN6O2. The second-order valence-electron chi connectivity index (χ2n) is 8.78. The lowest BCUT2D eigenvalue weighted by atomic mass is 9.89. The molecule has 0 saturated carbocycles. The number of amides is 1. The molecule has 5 rings (SSSR count). The monoisotopic (exact) mass is 468 g/mol. The second-order valence-corrected chi connectivity index (χ2v) is 9.18. The first-order valence-electron chi connectivity index (χ1n) is 11.8. The van der Waals surface area contributed by atoms with Crippen LogP contribution in [-0.4, -0.2) is 69.2 Å². The number of rotatable bonds is 6. The fraction of sp³-hybridized carbons (Fsp3) is 0.500. The van der Waals surface area contributed by atoms with Crippen molar-refractivity contribution in [1.82, 2.24) is 29.7 Å². The number of carbonyl (C=O) groups excluding carboxylic acids is 1. The number of aromatic nitrogens is 4. The van der Waals surface area contributed by atoms with Crippen LogP contribution in [0, 0.1) is 5.92 Å². The van der Waals surface area contributed by atoms with Crippen LogP contribution in [0.1, 0.15) is 42.5 Å². The van der Waals surface area contributed by atoms with Crippen LogP contribution in [0.25, 0.3) is 17.0 Å². The molecule has 1 amide bonds. The lowest BCUT2D eigenvalue weighted by molar-refractivity contribution is 0.0202. The third-order valence-corrected chi connectivity index (χ3v) is 7.10. The SMILES string of the molecule is O=C(NCC(C1CCOCC1)N1CCCCC1)c1cn(-c2ncccn2)c2nccc(Cl)c12. The first kappa shape index (κ1) is 22.3. The molecule has 0 aliphatic carbocycles. The first-order chi connectivity index (χ1) is 16.2. The fourth-order valence-electron chi connectivity index (χ4n) is 5.09. The number of carbonyl (C=O) groups is 1. The van der Waals surface area contributed by atoms with Crippen LogP contribution in [-0.2, 0) is 4.74 Å². The van der Waals surface area contributed by atoms with Crippen LogP contribution in [0.15, 0.2) is 36.9 Å². The largest absolute Gasteiger partial charge is 0.381 e. The van der Waals surface area contributed by atoms with Crippen LogP contribution in [0.5, 0.6) is 0 Å². The van der Waals surface area contributed by atoms with Crippen molar-refractivity contribution in [2.45, 2.75) is 38.1 Å². The standard InChI is InChI=1S/C24H29ClN6O2/c25-19-5-10-26-22-21(19)18(16-31(22)24-27-8-4-9-28-24)23(32)29-15-20(17-6-13-33-14-7-17)30-11-2-1-3-12-30/h4-5,8-10,16-17,20H,1-3,6-7,11-15H2,(H,29,32). The van der Waals surface area contributed by atoms with Crippen LogP contribution in [0.4, 0.5) is 0 Å². The number of hydrogen-bond donors (Lipinski definition) is 1. The van der Waals surface area contributed by atoms with Gasteiger partial charge in [0.1, 0.15) is 5.65 Å². The molecule has 33 heavy (non-hydrogen) atoms. The number of likely N-dealkylation sites (tertiary alicyclic amines) is 1. The highest BCUT2D eigenvalue weighted by molar-refractivity contribution is 6.36. The van der Waals surface area contributed by atoms with Gasteiger partial charge in [0, 0.05) is 50.6 Å². The van der Waals surface area contributed by atoms with Crippen LogP contribution in [0.3, 0.4) is 0 Å². The summed E-state index contributed by atoms with van der Waals surface area (Å²) in [7, 11) is 0. The van der Waals surface area contributed by atoms with Crippen molar-refractivity contribution in [2.75, 3.05) is 32.8 Å². The number of nitrogens with zero attached hydrogens (tertiary/aromatic N) is 5. The van der Waals surface area contributed by atoms with Crippen molar-refractivity contribution in [1.29, 1.82) is 0 Å². The molecule has 1 N–H and O–H groups in total. The summed E-state index contributed by atoms with van der Waals surface area (Å²) in [5, 5.41) is 4.31. The van der Waals surface area contributed by atoms with E-state index in [4.69, 9.17) is 16.3 Å². The number of halogens is 1. The second kappa shape index (κ2) is 10.2. The Morgan fingerprint density at radius 1 is 1.12 bits per heavy atom. The van der Waals surface area contributed by atoms with E-state index in [0.29, 0.717) is 46.1 Å². The summed E-state index contributed by atoms with van der Waals surface area (Å²) in [6.45, 7) is 4.40. The van der Waals surface area contributed by atoms with Crippen molar-refractivity contribution < 1.29 is 9.53 Å². The number of fused-ring (bicyclic) bond motifs is 1. The van der Waals surface area contributed by atoms with Gasteiger partial charge in [0.15, 0.2) is 0 Å². The van der Waals surface area contributed by atoms with Gasteiger partial charge in [0.25, 0.3) is 5.91 Å². The van der Waals surface area contributed by atoms with Crippen molar-refractivity contribution >= 4 is 28.5 Å². The molecule has 174 valence electrons. The molecule has 2 aliphatic heterocycles. The Labute approximate surface area is 198 Å². The van der Waals surface area contributed by atoms with Gasteiger partial charge in [-0.2, -0.15) is 0 Å². The maximum atomic E-state index is 13.4. The maximum absolute atomic E-state index is 13.4. The van der Waals surface area contributed by atoms with Gasteiger partial charge < -0.3 is 10.1 Å². The lowest BCUT2D eigenvalue weighted by Gasteiger charge is -2.40. The van der Waals surface area contributed by atoms with Crippen molar-refractivity contribution in [3.63, 3.8) is 0 Å². The zero-order valence-electron chi connectivity index (χ0n) is 18.6. The van der Waals surface area contributed by atoms with Crippen LogP contribution < -0.4 is 5.32 Å². The normalized spacial score (nSPS) is 18.9. The minimum Gasteiger partial charge on any atom is -0.381 e. The highest BCUT2D eigenvalue weighted by atomic mass is 35.5. The molecule has 5 heterocycles. The summed E-state index contributed by atoms with van der Waals surface area (Å²) in [6, 6.07) is 3.77. The molecule has 2 fully saturated rings. The molecule has 8 nitrogen and oxygen atoms in total. The van der Waals surface area contributed by atoms with E-state index in [0.717, 1.165) is 39.1 Å². The minimum atomic E-state index is -0.154.